The van der Waals surface area contributed by atoms with Gasteiger partial charge in [0.2, 0.25) is 0 Å². The Bertz CT molecular complexity index is 638. The van der Waals surface area contributed by atoms with E-state index in [1.807, 2.05) is 0 Å². The molecule has 0 bridgehead atoms. The van der Waals surface area contributed by atoms with Gasteiger partial charge >= 0.3 is 11.9 Å². The molecule has 0 aliphatic carbocycles. The number of carboxylic acids is 2. The molecular weight excluding hydrogens is 312 g/mol. The summed E-state index contributed by atoms with van der Waals surface area (Å²) in [5.74, 6) is -4.26. The van der Waals surface area contributed by atoms with E-state index in [2.05, 4.69) is 0 Å². The quantitative estimate of drug-likeness (QED) is 0.653. The highest BCUT2D eigenvalue weighted by atomic mass is 32.2. The molecule has 1 rings (SSSR count). The van der Waals surface area contributed by atoms with Crippen molar-refractivity contribution in [3.8, 4) is 0 Å². The third kappa shape index (κ3) is 4.05. The van der Waals surface area contributed by atoms with Crippen LogP contribution in [0.25, 0.3) is 0 Å². The van der Waals surface area contributed by atoms with Crippen LogP contribution in [0, 0.1) is 0 Å². The van der Waals surface area contributed by atoms with Crippen LogP contribution in [0.1, 0.15) is 49.7 Å². The second-order valence-corrected chi connectivity index (χ2v) is 6.33. The molecule has 0 saturated carbocycles. The van der Waals surface area contributed by atoms with Gasteiger partial charge in [-0.15, -0.1) is 0 Å². The van der Waals surface area contributed by atoms with Gasteiger partial charge in [-0.2, -0.15) is 8.42 Å². The summed E-state index contributed by atoms with van der Waals surface area (Å²) in [5.41, 5.74) is 0.305. The fourth-order valence-electron chi connectivity index (χ4n) is 2.30. The maximum atomic E-state index is 11.4. The molecule has 7 nitrogen and oxygen atoms in total. The number of benzene rings is 1. The topological polar surface area (TPSA) is 129 Å². The molecule has 8 heteroatoms. The minimum atomic E-state index is -4.57. The first kappa shape index (κ1) is 18.1. The molecule has 0 heterocycles. The Hall–Kier alpha value is -1.93. The molecule has 0 amide bonds. The first-order valence-corrected chi connectivity index (χ1v) is 8.13. The maximum Gasteiger partial charge on any atom is 0.310 e. The Morgan fingerprint density at radius 2 is 1.32 bits per heavy atom. The van der Waals surface area contributed by atoms with Crippen molar-refractivity contribution in [1.82, 2.24) is 0 Å². The van der Waals surface area contributed by atoms with E-state index in [1.165, 1.54) is 6.07 Å². The van der Waals surface area contributed by atoms with Gasteiger partial charge in [0.15, 0.2) is 0 Å². The number of carboxylic acid groups (broad SMARTS) is 2. The molecule has 1 aromatic carbocycles. The van der Waals surface area contributed by atoms with Crippen molar-refractivity contribution in [2.75, 3.05) is 0 Å². The van der Waals surface area contributed by atoms with Crippen LogP contribution in [0.2, 0.25) is 0 Å². The smallest absolute Gasteiger partial charge is 0.310 e. The first-order valence-electron chi connectivity index (χ1n) is 6.69. The summed E-state index contributed by atoms with van der Waals surface area (Å²) < 4.78 is 31.9. The monoisotopic (exact) mass is 330 g/mol. The number of hydrogen-bond acceptors (Lipinski definition) is 4. The lowest BCUT2D eigenvalue weighted by atomic mass is 9.90. The van der Waals surface area contributed by atoms with Gasteiger partial charge < -0.3 is 10.2 Å². The zero-order valence-corrected chi connectivity index (χ0v) is 13.0. The van der Waals surface area contributed by atoms with Gasteiger partial charge in [-0.1, -0.05) is 19.9 Å². The van der Waals surface area contributed by atoms with Crippen LogP contribution in [0.15, 0.2) is 23.1 Å². The van der Waals surface area contributed by atoms with Crippen molar-refractivity contribution >= 4 is 22.1 Å². The molecule has 0 fully saturated rings. The zero-order chi connectivity index (χ0) is 17.1. The van der Waals surface area contributed by atoms with Crippen LogP contribution in [0.4, 0.5) is 0 Å². The molecule has 0 saturated heterocycles. The normalized spacial score (nSPS) is 14.3. The van der Waals surface area contributed by atoms with Crippen LogP contribution in [-0.2, 0) is 19.7 Å². The molecule has 2 unspecified atom stereocenters. The molecule has 122 valence electrons. The second kappa shape index (κ2) is 6.89. The van der Waals surface area contributed by atoms with Gasteiger partial charge in [-0.3, -0.25) is 14.1 Å². The number of hydrogen-bond donors (Lipinski definition) is 3. The Kier molecular flexibility index (Phi) is 5.67. The first-order chi connectivity index (χ1) is 10.1. The molecule has 0 aromatic heterocycles. The van der Waals surface area contributed by atoms with Crippen molar-refractivity contribution in [2.24, 2.45) is 0 Å². The number of rotatable bonds is 7. The van der Waals surface area contributed by atoms with Gasteiger partial charge in [0.25, 0.3) is 10.1 Å². The lowest BCUT2D eigenvalue weighted by Gasteiger charge is -2.16. The molecule has 22 heavy (non-hydrogen) atoms. The Labute approximate surface area is 128 Å². The van der Waals surface area contributed by atoms with E-state index in [9.17, 15) is 32.8 Å². The largest absolute Gasteiger partial charge is 0.481 e. The summed E-state index contributed by atoms with van der Waals surface area (Å²) >= 11 is 0. The highest BCUT2D eigenvalue weighted by Gasteiger charge is 2.25. The lowest BCUT2D eigenvalue weighted by Crippen LogP contribution is -2.15. The minimum Gasteiger partial charge on any atom is -0.481 e. The molecule has 0 aliphatic heterocycles. The fourth-order valence-corrected chi connectivity index (χ4v) is 2.87. The predicted octanol–water partition coefficient (Wildman–Crippen LogP) is 2.09. The summed E-state index contributed by atoms with van der Waals surface area (Å²) in [6, 6.07) is 3.50. The average Bonchev–Trinajstić information content (AvgIpc) is 2.38. The second-order valence-electron chi connectivity index (χ2n) is 4.91. The molecule has 1 aromatic rings. The van der Waals surface area contributed by atoms with E-state index in [0.717, 1.165) is 12.1 Å². The summed E-state index contributed by atoms with van der Waals surface area (Å²) in [7, 11) is -4.57. The lowest BCUT2D eigenvalue weighted by molar-refractivity contribution is -0.139. The van der Waals surface area contributed by atoms with Gasteiger partial charge in [0.1, 0.15) is 0 Å². The summed E-state index contributed by atoms with van der Waals surface area (Å²) in [5, 5.41) is 18.4. The summed E-state index contributed by atoms with van der Waals surface area (Å²) in [4.78, 5) is 22.0. The molecule has 2 atom stereocenters. The molecule has 0 spiro atoms. The minimum absolute atomic E-state index is 0.153. The SMILES string of the molecule is CCC(C(=O)O)c1cc(C(CC)C(=O)O)cc(S(=O)(=O)O)c1. The average molecular weight is 330 g/mol. The molecular formula is C14H18O7S. The van der Waals surface area contributed by atoms with Crippen molar-refractivity contribution < 1.29 is 32.8 Å². The fraction of sp³-hybridized carbons (Fsp3) is 0.429. The maximum absolute atomic E-state index is 11.4. The van der Waals surface area contributed by atoms with Crippen molar-refractivity contribution in [2.45, 2.75) is 43.4 Å². The van der Waals surface area contributed by atoms with Gasteiger partial charge in [0, 0.05) is 0 Å². The van der Waals surface area contributed by atoms with E-state index in [1.54, 1.807) is 13.8 Å². The summed E-state index contributed by atoms with van der Waals surface area (Å²) in [6.45, 7) is 3.24. The van der Waals surface area contributed by atoms with Crippen LogP contribution < -0.4 is 0 Å². The van der Waals surface area contributed by atoms with E-state index in [0.29, 0.717) is 0 Å². The standard InChI is InChI=1S/C14H18O7S/c1-3-11(13(15)16)8-5-9(12(4-2)14(17)18)7-10(6-8)22(19,20)21/h5-7,11-12H,3-4H2,1-2H3,(H,15,16)(H,17,18)(H,19,20,21). The highest BCUT2D eigenvalue weighted by molar-refractivity contribution is 7.85. The molecule has 3 N–H and O–H groups in total. The van der Waals surface area contributed by atoms with Crippen LogP contribution >= 0.6 is 0 Å². The Morgan fingerprint density at radius 1 is 0.955 bits per heavy atom. The highest BCUT2D eigenvalue weighted by Crippen LogP contribution is 2.29. The van der Waals surface area contributed by atoms with Gasteiger partial charge in [-0.25, -0.2) is 0 Å². The van der Waals surface area contributed by atoms with E-state index in [4.69, 9.17) is 0 Å². The van der Waals surface area contributed by atoms with Crippen molar-refractivity contribution in [3.05, 3.63) is 29.3 Å². The van der Waals surface area contributed by atoms with E-state index < -0.39 is 38.8 Å². The number of carbonyl (C=O) groups is 2. The zero-order valence-electron chi connectivity index (χ0n) is 12.2. The van der Waals surface area contributed by atoms with E-state index in [-0.39, 0.29) is 24.0 Å². The summed E-state index contributed by atoms with van der Waals surface area (Å²) in [6.07, 6.45) is 0.404. The van der Waals surface area contributed by atoms with Crippen LogP contribution in [0.5, 0.6) is 0 Å². The molecule has 0 radical (unpaired) electrons. The van der Waals surface area contributed by atoms with Crippen LogP contribution in [0.3, 0.4) is 0 Å². The predicted molar refractivity (Wildman–Crippen MR) is 77.6 cm³/mol. The van der Waals surface area contributed by atoms with Crippen molar-refractivity contribution in [3.63, 3.8) is 0 Å². The Morgan fingerprint density at radius 3 is 1.55 bits per heavy atom. The third-order valence-electron chi connectivity index (χ3n) is 3.47. The van der Waals surface area contributed by atoms with Gasteiger partial charge in [-0.05, 0) is 36.1 Å². The molecule has 0 aliphatic rings. The Balaban J connectivity index is 3.59. The van der Waals surface area contributed by atoms with Crippen LogP contribution in [-0.4, -0.2) is 35.1 Å². The van der Waals surface area contributed by atoms with Gasteiger partial charge in [0.05, 0.1) is 16.7 Å². The van der Waals surface area contributed by atoms with E-state index >= 15 is 0 Å². The van der Waals surface area contributed by atoms with Crippen molar-refractivity contribution in [1.29, 1.82) is 0 Å². The number of aliphatic carboxylic acids is 2. The third-order valence-corrected chi connectivity index (χ3v) is 4.30.